The number of nitrogens with one attached hydrogen (secondary N) is 1. The zero-order valence-electron chi connectivity index (χ0n) is 16.5. The molecule has 2 aromatic heterocycles. The minimum Gasteiger partial charge on any atom is -0.484 e. The second-order valence-electron chi connectivity index (χ2n) is 6.46. The van der Waals surface area contributed by atoms with Gasteiger partial charge in [0.2, 0.25) is 5.91 Å². The van der Waals surface area contributed by atoms with E-state index in [1.165, 1.54) is 35.2 Å². The van der Waals surface area contributed by atoms with Crippen molar-refractivity contribution in [1.82, 2.24) is 15.0 Å². The Morgan fingerprint density at radius 3 is 2.53 bits per heavy atom. The molecule has 3 aromatic rings. The average molecular weight is 457 g/mol. The van der Waals surface area contributed by atoms with Crippen LogP contribution in [0.1, 0.15) is 23.4 Å². The number of thioether (sulfide) groups is 1. The first kappa shape index (κ1) is 22.3. The number of rotatable bonds is 7. The van der Waals surface area contributed by atoms with E-state index < -0.39 is 12.8 Å². The van der Waals surface area contributed by atoms with E-state index in [9.17, 15) is 18.0 Å². The Morgan fingerprint density at radius 2 is 1.90 bits per heavy atom. The first-order valence-corrected chi connectivity index (χ1v) is 11.0. The molecule has 2 heterocycles. The molecule has 1 aromatic carbocycles. The van der Waals surface area contributed by atoms with Crippen molar-refractivity contribution in [2.75, 3.05) is 18.2 Å². The fourth-order valence-electron chi connectivity index (χ4n) is 2.80. The summed E-state index contributed by atoms with van der Waals surface area (Å²) in [7, 11) is 0. The van der Waals surface area contributed by atoms with E-state index in [0.717, 1.165) is 17.0 Å². The van der Waals surface area contributed by atoms with Gasteiger partial charge in [0.15, 0.2) is 16.9 Å². The number of benzene rings is 1. The number of thiazole rings is 1. The van der Waals surface area contributed by atoms with Crippen LogP contribution in [0.5, 0.6) is 5.75 Å². The number of amides is 1. The third-order valence-corrected chi connectivity index (χ3v) is 5.67. The third-order valence-electron chi connectivity index (χ3n) is 4.19. The van der Waals surface area contributed by atoms with Crippen LogP contribution in [-0.4, -0.2) is 39.9 Å². The molecule has 0 saturated carbocycles. The Hall–Kier alpha value is -2.40. The van der Waals surface area contributed by atoms with Gasteiger partial charge in [-0.1, -0.05) is 23.1 Å². The molecule has 0 aliphatic carbocycles. The summed E-state index contributed by atoms with van der Waals surface area (Å²) in [4.78, 5) is 25.5. The summed E-state index contributed by atoms with van der Waals surface area (Å²) in [6.45, 7) is 2.43. The zero-order valence-corrected chi connectivity index (χ0v) is 18.1. The molecule has 0 aliphatic heterocycles. The molecule has 1 amide bonds. The highest BCUT2D eigenvalue weighted by Gasteiger charge is 2.28. The summed E-state index contributed by atoms with van der Waals surface area (Å²) in [5.74, 6) is -0.115. The van der Waals surface area contributed by atoms with E-state index in [-0.39, 0.29) is 18.1 Å². The minimum absolute atomic E-state index is 0.0981. The lowest BCUT2D eigenvalue weighted by molar-refractivity contribution is -0.153. The predicted molar refractivity (Wildman–Crippen MR) is 111 cm³/mol. The summed E-state index contributed by atoms with van der Waals surface area (Å²) in [5, 5.41) is 3.82. The lowest BCUT2D eigenvalue weighted by Crippen LogP contribution is -2.19. The van der Waals surface area contributed by atoms with Gasteiger partial charge in [0.25, 0.3) is 0 Å². The van der Waals surface area contributed by atoms with Gasteiger partial charge in [0, 0.05) is 17.8 Å². The number of alkyl halides is 3. The molecule has 160 valence electrons. The summed E-state index contributed by atoms with van der Waals surface area (Å²) in [5.41, 5.74) is 3.22. The van der Waals surface area contributed by atoms with Gasteiger partial charge in [-0.25, -0.2) is 15.0 Å². The number of anilines is 1. The monoisotopic (exact) mass is 456 g/mol. The largest absolute Gasteiger partial charge is 0.484 e. The molecule has 6 nitrogen and oxygen atoms in total. The van der Waals surface area contributed by atoms with Gasteiger partial charge in [-0.3, -0.25) is 4.79 Å². The first-order valence-electron chi connectivity index (χ1n) is 8.92. The molecule has 0 radical (unpaired) electrons. The number of carbonyl (C=O) groups excluding carboxylic acids is 1. The number of aromatic nitrogens is 3. The maximum Gasteiger partial charge on any atom is 0.422 e. The SMILES string of the molecule is CSc1nc(C)c(CCC(=O)Nc2nc3ccc(OCC(F)(F)F)cc3s2)c(C)n1. The van der Waals surface area contributed by atoms with Crippen LogP contribution in [0, 0.1) is 13.8 Å². The van der Waals surface area contributed by atoms with Crippen LogP contribution in [0.2, 0.25) is 0 Å². The molecule has 1 N–H and O–H groups in total. The Bertz CT molecular complexity index is 1050. The lowest BCUT2D eigenvalue weighted by Gasteiger charge is -2.09. The highest BCUT2D eigenvalue weighted by Crippen LogP contribution is 2.30. The van der Waals surface area contributed by atoms with Crippen LogP contribution in [0.15, 0.2) is 23.4 Å². The molecular formula is C19H19F3N4O2S2. The van der Waals surface area contributed by atoms with Crippen molar-refractivity contribution >= 4 is 44.4 Å². The second-order valence-corrected chi connectivity index (χ2v) is 8.26. The lowest BCUT2D eigenvalue weighted by atomic mass is 10.1. The van der Waals surface area contributed by atoms with Crippen molar-refractivity contribution in [3.63, 3.8) is 0 Å². The highest BCUT2D eigenvalue weighted by atomic mass is 32.2. The van der Waals surface area contributed by atoms with Gasteiger partial charge in [0.1, 0.15) is 5.75 Å². The van der Waals surface area contributed by atoms with Crippen LogP contribution in [0.3, 0.4) is 0 Å². The van der Waals surface area contributed by atoms with Gasteiger partial charge < -0.3 is 10.1 Å². The first-order chi connectivity index (χ1) is 14.1. The predicted octanol–water partition coefficient (Wildman–Crippen LogP) is 4.94. The number of fused-ring (bicyclic) bond motifs is 1. The molecule has 0 fully saturated rings. The van der Waals surface area contributed by atoms with Crippen molar-refractivity contribution in [2.24, 2.45) is 0 Å². The third kappa shape index (κ3) is 5.82. The standard InChI is InChI=1S/C19H19F3N4O2S2/c1-10-13(11(2)24-17(23-10)29-3)5-7-16(27)26-18-25-14-6-4-12(8-15(14)30-18)28-9-19(20,21)22/h4,6,8H,5,7,9H2,1-3H3,(H,25,26,27). The normalized spacial score (nSPS) is 11.7. The van der Waals surface area contributed by atoms with E-state index in [1.807, 2.05) is 20.1 Å². The average Bonchev–Trinajstić information content (AvgIpc) is 3.06. The van der Waals surface area contributed by atoms with E-state index in [2.05, 4.69) is 20.3 Å². The number of carbonyl (C=O) groups is 1. The van der Waals surface area contributed by atoms with Crippen molar-refractivity contribution in [1.29, 1.82) is 0 Å². The van der Waals surface area contributed by atoms with Crippen LogP contribution in [0.25, 0.3) is 10.2 Å². The van der Waals surface area contributed by atoms with Crippen molar-refractivity contribution in [3.8, 4) is 5.75 Å². The number of ether oxygens (including phenoxy) is 1. The van der Waals surface area contributed by atoms with Crippen molar-refractivity contribution < 1.29 is 22.7 Å². The van der Waals surface area contributed by atoms with Gasteiger partial charge in [-0.05, 0) is 50.3 Å². The van der Waals surface area contributed by atoms with Crippen molar-refractivity contribution in [2.45, 2.75) is 38.0 Å². The Kier molecular flexibility index (Phi) is 6.81. The van der Waals surface area contributed by atoms with E-state index in [1.54, 1.807) is 6.07 Å². The zero-order chi connectivity index (χ0) is 21.9. The fourth-order valence-corrected chi connectivity index (χ4v) is 4.16. The quantitative estimate of drug-likeness (QED) is 0.401. The van der Waals surface area contributed by atoms with Gasteiger partial charge >= 0.3 is 6.18 Å². The summed E-state index contributed by atoms with van der Waals surface area (Å²) < 4.78 is 42.3. The number of nitrogens with zero attached hydrogens (tertiary/aromatic N) is 3. The molecule has 3 rings (SSSR count). The topological polar surface area (TPSA) is 77.0 Å². The summed E-state index contributed by atoms with van der Waals surface area (Å²) >= 11 is 2.64. The van der Waals surface area contributed by atoms with E-state index >= 15 is 0 Å². The molecule has 0 atom stereocenters. The maximum absolute atomic E-state index is 12.3. The molecule has 11 heteroatoms. The number of halogens is 3. The molecule has 30 heavy (non-hydrogen) atoms. The van der Waals surface area contributed by atoms with Gasteiger partial charge in [-0.15, -0.1) is 0 Å². The van der Waals surface area contributed by atoms with E-state index in [0.29, 0.717) is 26.9 Å². The fraction of sp³-hybridized carbons (Fsp3) is 0.368. The van der Waals surface area contributed by atoms with Crippen molar-refractivity contribution in [3.05, 3.63) is 35.2 Å². The molecule has 0 aliphatic rings. The Balaban J connectivity index is 1.62. The van der Waals surface area contributed by atoms with Crippen LogP contribution in [0.4, 0.5) is 18.3 Å². The number of hydrogen-bond donors (Lipinski definition) is 1. The number of hydrogen-bond acceptors (Lipinski definition) is 7. The second kappa shape index (κ2) is 9.17. The van der Waals surface area contributed by atoms with Gasteiger partial charge in [-0.2, -0.15) is 13.2 Å². The summed E-state index contributed by atoms with van der Waals surface area (Å²) in [6.07, 6.45) is -1.76. The smallest absolute Gasteiger partial charge is 0.422 e. The summed E-state index contributed by atoms with van der Waals surface area (Å²) in [6, 6.07) is 4.46. The molecule has 0 spiro atoms. The molecule has 0 unspecified atom stereocenters. The van der Waals surface area contributed by atoms with E-state index in [4.69, 9.17) is 4.74 Å². The Morgan fingerprint density at radius 1 is 1.20 bits per heavy atom. The van der Waals surface area contributed by atoms with Gasteiger partial charge in [0.05, 0.1) is 10.2 Å². The maximum atomic E-state index is 12.3. The minimum atomic E-state index is -4.40. The molecular weight excluding hydrogens is 437 g/mol. The Labute approximate surface area is 179 Å². The molecule has 0 saturated heterocycles. The van der Waals surface area contributed by atoms with Crippen LogP contribution in [-0.2, 0) is 11.2 Å². The van der Waals surface area contributed by atoms with Crippen LogP contribution >= 0.6 is 23.1 Å². The van der Waals surface area contributed by atoms with Crippen LogP contribution < -0.4 is 10.1 Å². The number of aryl methyl sites for hydroxylation is 2. The molecule has 0 bridgehead atoms. The highest BCUT2D eigenvalue weighted by molar-refractivity contribution is 7.98.